The lowest BCUT2D eigenvalue weighted by Gasteiger charge is -2.22. The molecule has 1 saturated heterocycles. The maximum absolute atomic E-state index is 4.67. The summed E-state index contributed by atoms with van der Waals surface area (Å²) >= 11 is 0. The van der Waals surface area contributed by atoms with Gasteiger partial charge in [0.15, 0.2) is 0 Å². The minimum absolute atomic E-state index is 0.845. The van der Waals surface area contributed by atoms with E-state index < -0.39 is 0 Å². The summed E-state index contributed by atoms with van der Waals surface area (Å²) in [5.74, 6) is 2.02. The van der Waals surface area contributed by atoms with Gasteiger partial charge in [-0.2, -0.15) is 0 Å². The van der Waals surface area contributed by atoms with Gasteiger partial charge >= 0.3 is 0 Å². The van der Waals surface area contributed by atoms with Crippen molar-refractivity contribution >= 4 is 11.0 Å². The number of nitrogens with one attached hydrogen (secondary N) is 1. The number of hydrogen-bond acceptors (Lipinski definition) is 2. The van der Waals surface area contributed by atoms with Crippen molar-refractivity contribution in [3.05, 3.63) is 29.6 Å². The van der Waals surface area contributed by atoms with E-state index in [0.29, 0.717) is 0 Å². The Kier molecular flexibility index (Phi) is 3.56. The molecular weight excluding hydrogens is 234 g/mol. The molecule has 0 radical (unpaired) electrons. The predicted molar refractivity (Wildman–Crippen MR) is 79.4 cm³/mol. The molecule has 1 aliphatic heterocycles. The van der Waals surface area contributed by atoms with E-state index in [1.54, 1.807) is 0 Å². The zero-order valence-electron chi connectivity index (χ0n) is 11.9. The largest absolute Gasteiger partial charge is 0.331 e. The van der Waals surface area contributed by atoms with E-state index >= 15 is 0 Å². The molecule has 1 fully saturated rings. The zero-order chi connectivity index (χ0) is 13.2. The van der Waals surface area contributed by atoms with E-state index in [-0.39, 0.29) is 0 Å². The van der Waals surface area contributed by atoms with E-state index in [2.05, 4.69) is 47.0 Å². The van der Waals surface area contributed by atoms with Gasteiger partial charge < -0.3 is 9.88 Å². The molecule has 0 aliphatic carbocycles. The highest BCUT2D eigenvalue weighted by Crippen LogP contribution is 2.22. The van der Waals surface area contributed by atoms with Crippen molar-refractivity contribution in [2.24, 2.45) is 13.0 Å². The normalized spacial score (nSPS) is 17.2. The van der Waals surface area contributed by atoms with Crippen molar-refractivity contribution in [2.45, 2.75) is 32.6 Å². The maximum Gasteiger partial charge on any atom is 0.109 e. The van der Waals surface area contributed by atoms with Crippen LogP contribution in [0, 0.1) is 5.92 Å². The van der Waals surface area contributed by atoms with E-state index in [4.69, 9.17) is 0 Å². The molecule has 1 aliphatic rings. The average Bonchev–Trinajstić information content (AvgIpc) is 2.77. The molecule has 1 aromatic heterocycles. The molecule has 1 aromatic carbocycles. The molecule has 2 aromatic rings. The summed E-state index contributed by atoms with van der Waals surface area (Å²) < 4.78 is 2.24. The predicted octanol–water partition coefficient (Wildman–Crippen LogP) is 2.68. The van der Waals surface area contributed by atoms with E-state index in [1.807, 2.05) is 0 Å². The first-order valence-corrected chi connectivity index (χ1v) is 7.43. The Morgan fingerprint density at radius 2 is 2.11 bits per heavy atom. The van der Waals surface area contributed by atoms with Crippen LogP contribution in [-0.2, 0) is 19.9 Å². The Hall–Kier alpha value is -1.35. The first kappa shape index (κ1) is 12.7. The van der Waals surface area contributed by atoms with Crippen LogP contribution in [0.3, 0.4) is 0 Å². The second-order valence-electron chi connectivity index (χ2n) is 5.66. The van der Waals surface area contributed by atoms with Gasteiger partial charge in [-0.3, -0.25) is 0 Å². The highest BCUT2D eigenvalue weighted by atomic mass is 15.1. The molecule has 0 amide bonds. The second kappa shape index (κ2) is 5.33. The van der Waals surface area contributed by atoms with Gasteiger partial charge in [0.05, 0.1) is 11.0 Å². The number of fused-ring (bicyclic) bond motifs is 1. The monoisotopic (exact) mass is 257 g/mol. The minimum Gasteiger partial charge on any atom is -0.331 e. The van der Waals surface area contributed by atoms with Gasteiger partial charge in [-0.05, 0) is 56.0 Å². The SMILES string of the molecule is CCc1nc2ccc(CC3CCNCC3)cc2n1C. The van der Waals surface area contributed by atoms with Gasteiger partial charge in [-0.1, -0.05) is 13.0 Å². The third-order valence-electron chi connectivity index (χ3n) is 4.34. The molecule has 0 spiro atoms. The van der Waals surface area contributed by atoms with Gasteiger partial charge in [0.25, 0.3) is 0 Å². The zero-order valence-corrected chi connectivity index (χ0v) is 11.9. The molecule has 0 atom stereocenters. The second-order valence-corrected chi connectivity index (χ2v) is 5.66. The fourth-order valence-electron chi connectivity index (χ4n) is 3.15. The third kappa shape index (κ3) is 2.52. The van der Waals surface area contributed by atoms with E-state index in [1.165, 1.54) is 49.3 Å². The fraction of sp³-hybridized carbons (Fsp3) is 0.562. The van der Waals surface area contributed by atoms with Crippen molar-refractivity contribution in [3.63, 3.8) is 0 Å². The Labute approximate surface area is 115 Å². The maximum atomic E-state index is 4.67. The van der Waals surface area contributed by atoms with Crippen LogP contribution in [0.2, 0.25) is 0 Å². The quantitative estimate of drug-likeness (QED) is 0.916. The van der Waals surface area contributed by atoms with Crippen LogP contribution in [0.4, 0.5) is 0 Å². The minimum atomic E-state index is 0.845. The van der Waals surface area contributed by atoms with Crippen LogP contribution in [-0.4, -0.2) is 22.6 Å². The first-order chi connectivity index (χ1) is 9.28. The number of imidazole rings is 1. The Morgan fingerprint density at radius 3 is 2.84 bits per heavy atom. The smallest absolute Gasteiger partial charge is 0.109 e. The summed E-state index contributed by atoms with van der Waals surface area (Å²) in [5, 5.41) is 3.44. The van der Waals surface area contributed by atoms with Gasteiger partial charge in [0, 0.05) is 13.5 Å². The lowest BCUT2D eigenvalue weighted by atomic mass is 9.91. The van der Waals surface area contributed by atoms with Crippen LogP contribution >= 0.6 is 0 Å². The number of benzene rings is 1. The molecule has 102 valence electrons. The van der Waals surface area contributed by atoms with Crippen LogP contribution in [0.1, 0.15) is 31.2 Å². The van der Waals surface area contributed by atoms with E-state index in [0.717, 1.165) is 17.9 Å². The molecule has 0 bridgehead atoms. The van der Waals surface area contributed by atoms with Gasteiger partial charge in [-0.15, -0.1) is 0 Å². The Bertz CT molecular complexity index is 565. The van der Waals surface area contributed by atoms with Crippen molar-refractivity contribution < 1.29 is 0 Å². The standard InChI is InChI=1S/C16H23N3/c1-3-16-18-14-5-4-13(11-15(14)19(16)2)10-12-6-8-17-9-7-12/h4-5,11-12,17H,3,6-10H2,1-2H3. The summed E-state index contributed by atoms with van der Waals surface area (Å²) in [6.45, 7) is 4.52. The highest BCUT2D eigenvalue weighted by Gasteiger charge is 2.14. The Morgan fingerprint density at radius 1 is 1.32 bits per heavy atom. The number of aryl methyl sites for hydroxylation is 2. The highest BCUT2D eigenvalue weighted by molar-refractivity contribution is 5.76. The topological polar surface area (TPSA) is 29.9 Å². The van der Waals surface area contributed by atoms with Crippen molar-refractivity contribution in [3.8, 4) is 0 Å². The molecule has 3 nitrogen and oxygen atoms in total. The summed E-state index contributed by atoms with van der Waals surface area (Å²) in [5.41, 5.74) is 3.88. The molecule has 0 saturated carbocycles. The van der Waals surface area contributed by atoms with E-state index in [9.17, 15) is 0 Å². The van der Waals surface area contributed by atoms with Crippen molar-refractivity contribution in [1.29, 1.82) is 0 Å². The van der Waals surface area contributed by atoms with Gasteiger partial charge in [0.1, 0.15) is 5.82 Å². The number of aromatic nitrogens is 2. The van der Waals surface area contributed by atoms with Gasteiger partial charge in [-0.25, -0.2) is 4.98 Å². The summed E-state index contributed by atoms with van der Waals surface area (Å²) in [7, 11) is 2.13. The summed E-state index contributed by atoms with van der Waals surface area (Å²) in [6, 6.07) is 6.78. The lowest BCUT2D eigenvalue weighted by Crippen LogP contribution is -2.28. The van der Waals surface area contributed by atoms with Crippen LogP contribution < -0.4 is 5.32 Å². The summed E-state index contributed by atoms with van der Waals surface area (Å²) in [4.78, 5) is 4.67. The molecule has 19 heavy (non-hydrogen) atoms. The number of piperidine rings is 1. The van der Waals surface area contributed by atoms with Crippen LogP contribution in [0.15, 0.2) is 18.2 Å². The lowest BCUT2D eigenvalue weighted by molar-refractivity contribution is 0.373. The van der Waals surface area contributed by atoms with Crippen LogP contribution in [0.5, 0.6) is 0 Å². The molecule has 1 N–H and O–H groups in total. The fourth-order valence-corrected chi connectivity index (χ4v) is 3.15. The number of hydrogen-bond donors (Lipinski definition) is 1. The summed E-state index contributed by atoms with van der Waals surface area (Å²) in [6.07, 6.45) is 4.83. The molecular formula is C16H23N3. The Balaban J connectivity index is 1.86. The molecule has 3 rings (SSSR count). The van der Waals surface area contributed by atoms with Crippen molar-refractivity contribution in [2.75, 3.05) is 13.1 Å². The molecule has 0 unspecified atom stereocenters. The van der Waals surface area contributed by atoms with Crippen LogP contribution in [0.25, 0.3) is 11.0 Å². The molecule has 2 heterocycles. The van der Waals surface area contributed by atoms with Crippen molar-refractivity contribution in [1.82, 2.24) is 14.9 Å². The number of nitrogens with zero attached hydrogens (tertiary/aromatic N) is 2. The molecule has 3 heteroatoms. The number of rotatable bonds is 3. The third-order valence-corrected chi connectivity index (χ3v) is 4.34. The van der Waals surface area contributed by atoms with Gasteiger partial charge in [0.2, 0.25) is 0 Å². The first-order valence-electron chi connectivity index (χ1n) is 7.43. The average molecular weight is 257 g/mol.